The molecule has 0 atom stereocenters. The number of halogens is 1. The molecule has 0 aliphatic heterocycles. The lowest BCUT2D eigenvalue weighted by atomic mass is 10.2. The first-order valence-corrected chi connectivity index (χ1v) is 7.09. The van der Waals surface area contributed by atoms with Crippen LogP contribution in [0.5, 0.6) is 5.88 Å². The maximum Gasteiger partial charge on any atom is 0.215 e. The van der Waals surface area contributed by atoms with Gasteiger partial charge in [-0.3, -0.25) is 4.98 Å². The number of pyridine rings is 2. The molecular formula is C15H14BrN3O. The maximum atomic E-state index is 5.74. The summed E-state index contributed by atoms with van der Waals surface area (Å²) in [5, 5.41) is 1.08. The van der Waals surface area contributed by atoms with Crippen LogP contribution in [0.2, 0.25) is 0 Å². The van der Waals surface area contributed by atoms with Crippen LogP contribution >= 0.6 is 15.9 Å². The van der Waals surface area contributed by atoms with E-state index in [-0.39, 0.29) is 0 Å². The third kappa shape index (κ3) is 2.41. The second-order valence-electron chi connectivity index (χ2n) is 4.66. The van der Waals surface area contributed by atoms with Gasteiger partial charge in [-0.25, -0.2) is 0 Å². The topological polar surface area (TPSA) is 39.9 Å². The molecule has 0 bridgehead atoms. The summed E-state index contributed by atoms with van der Waals surface area (Å²) in [6.07, 6.45) is 3.76. The minimum Gasteiger partial charge on any atom is -0.471 e. The number of hydrogen-bond acceptors (Lipinski definition) is 3. The van der Waals surface area contributed by atoms with Gasteiger partial charge in [-0.05, 0) is 40.5 Å². The van der Waals surface area contributed by atoms with E-state index in [1.807, 2.05) is 49.0 Å². The molecule has 0 spiro atoms. The molecule has 0 saturated heterocycles. The van der Waals surface area contributed by atoms with E-state index in [2.05, 4.69) is 25.9 Å². The molecule has 3 rings (SSSR count). The van der Waals surface area contributed by atoms with Gasteiger partial charge in [0.15, 0.2) is 0 Å². The highest BCUT2D eigenvalue weighted by molar-refractivity contribution is 9.10. The highest BCUT2D eigenvalue weighted by Crippen LogP contribution is 2.26. The Labute approximate surface area is 125 Å². The van der Waals surface area contributed by atoms with Crippen LogP contribution in [-0.4, -0.2) is 14.5 Å². The van der Waals surface area contributed by atoms with Gasteiger partial charge in [0, 0.05) is 35.4 Å². The van der Waals surface area contributed by atoms with E-state index < -0.39 is 0 Å². The number of rotatable bonds is 3. The fraction of sp³-hybridized carbons (Fsp3) is 0.200. The first kappa shape index (κ1) is 13.1. The Balaban J connectivity index is 1.85. The molecule has 0 aliphatic carbocycles. The molecule has 102 valence electrons. The van der Waals surface area contributed by atoms with Crippen LogP contribution in [-0.2, 0) is 13.7 Å². The number of hydrogen-bond donors (Lipinski definition) is 0. The van der Waals surface area contributed by atoms with E-state index in [1.54, 1.807) is 6.20 Å². The Morgan fingerprint density at radius 2 is 2.15 bits per heavy atom. The molecule has 0 saturated carbocycles. The van der Waals surface area contributed by atoms with Gasteiger partial charge in [0.1, 0.15) is 12.3 Å². The summed E-state index contributed by atoms with van der Waals surface area (Å²) < 4.78 is 8.75. The van der Waals surface area contributed by atoms with Gasteiger partial charge < -0.3 is 9.30 Å². The second kappa shape index (κ2) is 5.25. The second-order valence-corrected chi connectivity index (χ2v) is 5.52. The van der Waals surface area contributed by atoms with Crippen molar-refractivity contribution < 1.29 is 4.74 Å². The molecule has 0 unspecified atom stereocenters. The SMILES string of the molecule is Cc1cccnc1COc1ccc2c(Br)cn(C)c2n1. The van der Waals surface area contributed by atoms with Crippen LogP contribution in [0.1, 0.15) is 11.3 Å². The minimum atomic E-state index is 0.427. The van der Waals surface area contributed by atoms with E-state index in [1.165, 1.54) is 0 Å². The average molecular weight is 332 g/mol. The van der Waals surface area contributed by atoms with Crippen LogP contribution in [0.3, 0.4) is 0 Å². The predicted molar refractivity (Wildman–Crippen MR) is 81.7 cm³/mol. The van der Waals surface area contributed by atoms with Gasteiger partial charge in [0.25, 0.3) is 0 Å². The normalized spacial score (nSPS) is 10.9. The van der Waals surface area contributed by atoms with Crippen molar-refractivity contribution >= 4 is 27.0 Å². The predicted octanol–water partition coefficient (Wildman–Crippen LogP) is 3.62. The van der Waals surface area contributed by atoms with Crippen LogP contribution in [0.15, 0.2) is 41.1 Å². The summed E-state index contributed by atoms with van der Waals surface area (Å²) in [7, 11) is 1.97. The van der Waals surface area contributed by atoms with Crippen LogP contribution in [0.4, 0.5) is 0 Å². The molecule has 0 N–H and O–H groups in total. The van der Waals surface area contributed by atoms with Crippen molar-refractivity contribution in [3.63, 3.8) is 0 Å². The summed E-state index contributed by atoms with van der Waals surface area (Å²) in [4.78, 5) is 8.84. The van der Waals surface area contributed by atoms with Crippen molar-refractivity contribution in [2.75, 3.05) is 0 Å². The largest absolute Gasteiger partial charge is 0.471 e. The van der Waals surface area contributed by atoms with E-state index in [4.69, 9.17) is 4.74 Å². The Hall–Kier alpha value is -1.88. The molecule has 3 aromatic heterocycles. The van der Waals surface area contributed by atoms with Gasteiger partial charge >= 0.3 is 0 Å². The summed E-state index contributed by atoms with van der Waals surface area (Å²) in [6, 6.07) is 7.83. The van der Waals surface area contributed by atoms with Crippen molar-refractivity contribution in [2.45, 2.75) is 13.5 Å². The zero-order valence-corrected chi connectivity index (χ0v) is 12.9. The number of ether oxygens (including phenoxy) is 1. The quantitative estimate of drug-likeness (QED) is 0.735. The summed E-state index contributed by atoms with van der Waals surface area (Å²) in [5.41, 5.74) is 2.95. The number of fused-ring (bicyclic) bond motifs is 1. The highest BCUT2D eigenvalue weighted by atomic mass is 79.9. The summed E-state index contributed by atoms with van der Waals surface area (Å²) in [6.45, 7) is 2.45. The van der Waals surface area contributed by atoms with Crippen LogP contribution < -0.4 is 4.74 Å². The molecule has 0 amide bonds. The van der Waals surface area contributed by atoms with Crippen molar-refractivity contribution in [3.8, 4) is 5.88 Å². The fourth-order valence-corrected chi connectivity index (χ4v) is 2.70. The summed E-state index contributed by atoms with van der Waals surface area (Å²) in [5.74, 6) is 0.608. The maximum absolute atomic E-state index is 5.74. The molecule has 3 heterocycles. The molecule has 4 nitrogen and oxygen atoms in total. The van der Waals surface area contributed by atoms with E-state index in [0.29, 0.717) is 12.5 Å². The standard InChI is InChI=1S/C15H14BrN3O/c1-10-4-3-7-17-13(10)9-20-14-6-5-11-12(16)8-19(2)15(11)18-14/h3-8H,9H2,1-2H3. The molecule has 20 heavy (non-hydrogen) atoms. The van der Waals surface area contributed by atoms with Gasteiger partial charge in [-0.2, -0.15) is 4.98 Å². The fourth-order valence-electron chi connectivity index (χ4n) is 2.08. The van der Waals surface area contributed by atoms with E-state index >= 15 is 0 Å². The average Bonchev–Trinajstić information content (AvgIpc) is 2.73. The number of aryl methyl sites for hydroxylation is 2. The smallest absolute Gasteiger partial charge is 0.215 e. The first-order valence-electron chi connectivity index (χ1n) is 6.30. The molecule has 5 heteroatoms. The molecular weight excluding hydrogens is 318 g/mol. The van der Waals surface area contributed by atoms with Crippen molar-refractivity contribution in [3.05, 3.63) is 52.4 Å². The first-order chi connectivity index (χ1) is 9.65. The molecule has 0 fully saturated rings. The van der Waals surface area contributed by atoms with Crippen molar-refractivity contribution in [1.82, 2.24) is 14.5 Å². The Morgan fingerprint density at radius 1 is 1.30 bits per heavy atom. The number of aromatic nitrogens is 3. The van der Waals surface area contributed by atoms with Gasteiger partial charge in [-0.1, -0.05) is 6.07 Å². The number of nitrogens with zero attached hydrogens (tertiary/aromatic N) is 3. The van der Waals surface area contributed by atoms with Crippen LogP contribution in [0.25, 0.3) is 11.0 Å². The van der Waals surface area contributed by atoms with Gasteiger partial charge in [-0.15, -0.1) is 0 Å². The minimum absolute atomic E-state index is 0.427. The van der Waals surface area contributed by atoms with E-state index in [9.17, 15) is 0 Å². The zero-order valence-electron chi connectivity index (χ0n) is 11.3. The Kier molecular flexibility index (Phi) is 3.44. The molecule has 0 radical (unpaired) electrons. The lowest BCUT2D eigenvalue weighted by Crippen LogP contribution is -2.02. The molecule has 3 aromatic rings. The van der Waals surface area contributed by atoms with Gasteiger partial charge in [0.05, 0.1) is 5.69 Å². The van der Waals surface area contributed by atoms with Gasteiger partial charge in [0.2, 0.25) is 5.88 Å². The monoisotopic (exact) mass is 331 g/mol. The van der Waals surface area contributed by atoms with Crippen LogP contribution in [0, 0.1) is 6.92 Å². The lowest BCUT2D eigenvalue weighted by molar-refractivity contribution is 0.289. The molecule has 0 aromatic carbocycles. The zero-order chi connectivity index (χ0) is 14.1. The third-order valence-electron chi connectivity index (χ3n) is 3.22. The summed E-state index contributed by atoms with van der Waals surface area (Å²) >= 11 is 3.52. The Bertz CT molecular complexity index is 767. The van der Waals surface area contributed by atoms with Crippen molar-refractivity contribution in [2.24, 2.45) is 7.05 Å². The third-order valence-corrected chi connectivity index (χ3v) is 3.85. The molecule has 0 aliphatic rings. The van der Waals surface area contributed by atoms with Crippen molar-refractivity contribution in [1.29, 1.82) is 0 Å². The highest BCUT2D eigenvalue weighted by Gasteiger charge is 2.08. The Morgan fingerprint density at radius 3 is 2.95 bits per heavy atom. The van der Waals surface area contributed by atoms with E-state index in [0.717, 1.165) is 26.8 Å². The lowest BCUT2D eigenvalue weighted by Gasteiger charge is -2.07.